The predicted octanol–water partition coefficient (Wildman–Crippen LogP) is 1.37. The Kier molecular flexibility index (Phi) is 7.49. The number of sulfonamides is 1. The average molecular weight is 397 g/mol. The largest absolute Gasteiger partial charge is 0.372 e. The van der Waals surface area contributed by atoms with Crippen molar-refractivity contribution < 1.29 is 13.2 Å². The van der Waals surface area contributed by atoms with Gasteiger partial charge in [-0.15, -0.1) is 0 Å². The van der Waals surface area contributed by atoms with Gasteiger partial charge in [-0.25, -0.2) is 8.42 Å². The van der Waals surface area contributed by atoms with Crippen LogP contribution >= 0.6 is 0 Å². The first-order chi connectivity index (χ1) is 12.7. The third-order valence-corrected chi connectivity index (χ3v) is 6.00. The molecule has 152 valence electrons. The minimum Gasteiger partial charge on any atom is -0.372 e. The van der Waals surface area contributed by atoms with E-state index >= 15 is 0 Å². The summed E-state index contributed by atoms with van der Waals surface area (Å²) < 4.78 is 25.6. The van der Waals surface area contributed by atoms with Crippen LogP contribution in [0.4, 0.5) is 11.4 Å². The number of benzene rings is 1. The van der Waals surface area contributed by atoms with Gasteiger partial charge in [0, 0.05) is 31.9 Å². The fourth-order valence-corrected chi connectivity index (χ4v) is 3.96. The first kappa shape index (κ1) is 21.5. The maximum atomic E-state index is 12.2. The van der Waals surface area contributed by atoms with E-state index in [1.807, 2.05) is 31.1 Å². The SMILES string of the molecule is CC1CCN(c2ccc(N(CC(=O)NCCN(C)C)S(C)(=O)=O)cc2)CC1. The molecule has 8 heteroatoms. The average Bonchev–Trinajstić information content (AvgIpc) is 2.59. The Morgan fingerprint density at radius 1 is 1.19 bits per heavy atom. The third kappa shape index (κ3) is 6.70. The van der Waals surface area contributed by atoms with Crippen LogP contribution in [0.2, 0.25) is 0 Å². The zero-order valence-electron chi connectivity index (χ0n) is 16.8. The molecular formula is C19H32N4O3S. The van der Waals surface area contributed by atoms with Crippen molar-refractivity contribution in [1.82, 2.24) is 10.2 Å². The lowest BCUT2D eigenvalue weighted by atomic mass is 9.99. The quantitative estimate of drug-likeness (QED) is 0.718. The second kappa shape index (κ2) is 9.41. The van der Waals surface area contributed by atoms with Gasteiger partial charge in [0.2, 0.25) is 15.9 Å². The fraction of sp³-hybridized carbons (Fsp3) is 0.632. The van der Waals surface area contributed by atoms with E-state index in [9.17, 15) is 13.2 Å². The highest BCUT2D eigenvalue weighted by molar-refractivity contribution is 7.92. The van der Waals surface area contributed by atoms with Crippen molar-refractivity contribution in [3.8, 4) is 0 Å². The van der Waals surface area contributed by atoms with Crippen LogP contribution in [0, 0.1) is 5.92 Å². The summed E-state index contributed by atoms with van der Waals surface area (Å²) in [6.45, 7) is 5.28. The number of hydrogen-bond acceptors (Lipinski definition) is 5. The van der Waals surface area contributed by atoms with Crippen molar-refractivity contribution in [3.63, 3.8) is 0 Å². The van der Waals surface area contributed by atoms with Gasteiger partial charge in [0.25, 0.3) is 0 Å². The van der Waals surface area contributed by atoms with Crippen LogP contribution in [0.5, 0.6) is 0 Å². The lowest BCUT2D eigenvalue weighted by Gasteiger charge is -2.32. The van der Waals surface area contributed by atoms with Crippen molar-refractivity contribution in [1.29, 1.82) is 0 Å². The zero-order valence-corrected chi connectivity index (χ0v) is 17.6. The topological polar surface area (TPSA) is 73.0 Å². The van der Waals surface area contributed by atoms with Crippen LogP contribution in [0.15, 0.2) is 24.3 Å². The fourth-order valence-electron chi connectivity index (χ4n) is 3.10. The highest BCUT2D eigenvalue weighted by atomic mass is 32.2. The number of nitrogens with one attached hydrogen (secondary N) is 1. The monoisotopic (exact) mass is 396 g/mol. The molecule has 1 heterocycles. The van der Waals surface area contributed by atoms with Crippen molar-refractivity contribution in [2.45, 2.75) is 19.8 Å². The molecule has 7 nitrogen and oxygen atoms in total. The Labute approximate surface area is 163 Å². The van der Waals surface area contributed by atoms with Crippen molar-refractivity contribution in [2.75, 3.05) is 62.3 Å². The van der Waals surface area contributed by atoms with E-state index < -0.39 is 10.0 Å². The van der Waals surface area contributed by atoms with E-state index in [0.717, 1.165) is 35.3 Å². The molecule has 1 saturated heterocycles. The summed E-state index contributed by atoms with van der Waals surface area (Å²) in [7, 11) is 0.281. The van der Waals surface area contributed by atoms with E-state index in [2.05, 4.69) is 17.1 Å². The summed E-state index contributed by atoms with van der Waals surface area (Å²) in [5.41, 5.74) is 1.60. The summed E-state index contributed by atoms with van der Waals surface area (Å²) in [6, 6.07) is 7.43. The molecule has 1 fully saturated rings. The predicted molar refractivity (Wildman–Crippen MR) is 111 cm³/mol. The van der Waals surface area contributed by atoms with Crippen LogP contribution in [0.25, 0.3) is 0 Å². The Morgan fingerprint density at radius 3 is 2.30 bits per heavy atom. The highest BCUT2D eigenvalue weighted by Gasteiger charge is 2.21. The van der Waals surface area contributed by atoms with E-state index in [4.69, 9.17) is 0 Å². The van der Waals surface area contributed by atoms with Crippen molar-refractivity contribution in [2.24, 2.45) is 5.92 Å². The Balaban J connectivity index is 2.05. The van der Waals surface area contributed by atoms with Gasteiger partial charge in [0.1, 0.15) is 6.54 Å². The molecule has 1 aliphatic heterocycles. The molecule has 0 bridgehead atoms. The Bertz CT molecular complexity index is 711. The molecule has 27 heavy (non-hydrogen) atoms. The number of carbonyl (C=O) groups excluding carboxylic acids is 1. The summed E-state index contributed by atoms with van der Waals surface area (Å²) in [6.07, 6.45) is 3.47. The molecule has 0 unspecified atom stereocenters. The number of amides is 1. The summed E-state index contributed by atoms with van der Waals surface area (Å²) in [5.74, 6) is 0.448. The van der Waals surface area contributed by atoms with E-state index in [1.165, 1.54) is 12.8 Å². The first-order valence-electron chi connectivity index (χ1n) is 9.41. The molecule has 0 aromatic heterocycles. The number of piperidine rings is 1. The van der Waals surface area contributed by atoms with Crippen LogP contribution in [-0.4, -0.2) is 72.3 Å². The van der Waals surface area contributed by atoms with E-state index in [0.29, 0.717) is 18.8 Å². The van der Waals surface area contributed by atoms with Gasteiger partial charge in [-0.2, -0.15) is 0 Å². The molecule has 1 aromatic rings. The first-order valence-corrected chi connectivity index (χ1v) is 11.3. The van der Waals surface area contributed by atoms with Gasteiger partial charge in [-0.3, -0.25) is 9.10 Å². The molecule has 1 aliphatic rings. The molecule has 1 amide bonds. The highest BCUT2D eigenvalue weighted by Crippen LogP contribution is 2.26. The molecule has 1 aromatic carbocycles. The molecule has 1 N–H and O–H groups in total. The van der Waals surface area contributed by atoms with Gasteiger partial charge in [-0.05, 0) is 57.1 Å². The molecule has 0 aliphatic carbocycles. The normalized spacial score (nSPS) is 15.8. The molecule has 0 spiro atoms. The maximum Gasteiger partial charge on any atom is 0.240 e. The van der Waals surface area contributed by atoms with Gasteiger partial charge < -0.3 is 15.1 Å². The Hall–Kier alpha value is -1.80. The summed E-state index contributed by atoms with van der Waals surface area (Å²) >= 11 is 0. The van der Waals surface area contributed by atoms with Gasteiger partial charge >= 0.3 is 0 Å². The molecular weight excluding hydrogens is 364 g/mol. The van der Waals surface area contributed by atoms with Gasteiger partial charge in [0.05, 0.1) is 11.9 Å². The molecule has 0 saturated carbocycles. The Morgan fingerprint density at radius 2 is 1.78 bits per heavy atom. The lowest BCUT2D eigenvalue weighted by Crippen LogP contribution is -2.42. The van der Waals surface area contributed by atoms with E-state index in [1.54, 1.807) is 12.1 Å². The summed E-state index contributed by atoms with van der Waals surface area (Å²) in [4.78, 5) is 16.4. The van der Waals surface area contributed by atoms with Crippen LogP contribution in [-0.2, 0) is 14.8 Å². The minimum absolute atomic E-state index is 0.215. The van der Waals surface area contributed by atoms with Gasteiger partial charge in [-0.1, -0.05) is 6.92 Å². The summed E-state index contributed by atoms with van der Waals surface area (Å²) in [5, 5.41) is 2.76. The maximum absolute atomic E-state index is 12.2. The van der Waals surface area contributed by atoms with Crippen molar-refractivity contribution in [3.05, 3.63) is 24.3 Å². The van der Waals surface area contributed by atoms with E-state index in [-0.39, 0.29) is 12.5 Å². The zero-order chi connectivity index (χ0) is 20.0. The van der Waals surface area contributed by atoms with Crippen LogP contribution in [0.1, 0.15) is 19.8 Å². The third-order valence-electron chi connectivity index (χ3n) is 4.86. The lowest BCUT2D eigenvalue weighted by molar-refractivity contribution is -0.119. The number of likely N-dealkylation sites (N-methyl/N-ethyl adjacent to an activating group) is 1. The van der Waals surface area contributed by atoms with Crippen LogP contribution in [0.3, 0.4) is 0 Å². The van der Waals surface area contributed by atoms with Crippen molar-refractivity contribution >= 4 is 27.3 Å². The second-order valence-corrected chi connectivity index (χ2v) is 9.52. The number of anilines is 2. The van der Waals surface area contributed by atoms with Crippen LogP contribution < -0.4 is 14.5 Å². The minimum atomic E-state index is -3.55. The molecule has 0 radical (unpaired) electrons. The molecule has 0 atom stereocenters. The number of carbonyl (C=O) groups is 1. The van der Waals surface area contributed by atoms with Gasteiger partial charge in [0.15, 0.2) is 0 Å². The number of hydrogen-bond donors (Lipinski definition) is 1. The molecule has 2 rings (SSSR count). The standard InChI is InChI=1S/C19H32N4O3S/c1-16-9-12-22(13-10-16)17-5-7-18(8-6-17)23(27(4,25)26)15-19(24)20-11-14-21(2)3/h5-8,16H,9-15H2,1-4H3,(H,20,24). The number of rotatable bonds is 8. The second-order valence-electron chi connectivity index (χ2n) is 7.61. The number of nitrogens with zero attached hydrogens (tertiary/aromatic N) is 3. The smallest absolute Gasteiger partial charge is 0.240 e.